The fourth-order valence-electron chi connectivity index (χ4n) is 6.62. The number of carboxylic acid groups (broad SMARTS) is 1. The lowest BCUT2D eigenvalue weighted by Gasteiger charge is -2.56. The van der Waals surface area contributed by atoms with E-state index in [-0.39, 0.29) is 11.2 Å². The molecule has 5 aliphatic rings. The SMILES string of the molecule is O=C(O)c1oc(C23CC4CC(CC(C4)C2)C3)c2c1CCCC2. The van der Waals surface area contributed by atoms with Gasteiger partial charge in [0, 0.05) is 11.0 Å². The molecule has 4 saturated carbocycles. The summed E-state index contributed by atoms with van der Waals surface area (Å²) in [6.45, 7) is 0. The first-order valence-corrected chi connectivity index (χ1v) is 9.03. The first-order valence-electron chi connectivity index (χ1n) is 9.03. The van der Waals surface area contributed by atoms with Gasteiger partial charge in [-0.2, -0.15) is 0 Å². The molecule has 0 aliphatic heterocycles. The van der Waals surface area contributed by atoms with Crippen molar-refractivity contribution in [2.24, 2.45) is 17.8 Å². The minimum Gasteiger partial charge on any atom is -0.475 e. The van der Waals surface area contributed by atoms with E-state index >= 15 is 0 Å². The van der Waals surface area contributed by atoms with Gasteiger partial charge in [-0.3, -0.25) is 0 Å². The highest BCUT2D eigenvalue weighted by Gasteiger charge is 2.54. The number of aromatic carboxylic acids is 1. The van der Waals surface area contributed by atoms with Gasteiger partial charge in [-0.1, -0.05) is 0 Å². The van der Waals surface area contributed by atoms with Crippen LogP contribution in [0.4, 0.5) is 0 Å². The molecule has 3 heteroatoms. The van der Waals surface area contributed by atoms with Crippen LogP contribution >= 0.6 is 0 Å². The molecular formula is C19H24O3. The minimum atomic E-state index is -0.867. The smallest absolute Gasteiger partial charge is 0.372 e. The zero-order chi connectivity index (χ0) is 14.9. The van der Waals surface area contributed by atoms with Gasteiger partial charge in [0.2, 0.25) is 5.76 Å². The molecule has 0 unspecified atom stereocenters. The van der Waals surface area contributed by atoms with E-state index in [0.29, 0.717) is 0 Å². The van der Waals surface area contributed by atoms with Crippen molar-refractivity contribution < 1.29 is 14.3 Å². The number of fused-ring (bicyclic) bond motifs is 1. The van der Waals surface area contributed by atoms with E-state index in [1.807, 2.05) is 0 Å². The topological polar surface area (TPSA) is 50.4 Å². The summed E-state index contributed by atoms with van der Waals surface area (Å²) >= 11 is 0. The average molecular weight is 300 g/mol. The lowest BCUT2D eigenvalue weighted by atomic mass is 9.48. The van der Waals surface area contributed by atoms with Crippen LogP contribution in [0, 0.1) is 17.8 Å². The quantitative estimate of drug-likeness (QED) is 0.884. The fourth-order valence-corrected chi connectivity index (χ4v) is 6.62. The summed E-state index contributed by atoms with van der Waals surface area (Å²) in [5.74, 6) is 3.10. The zero-order valence-electron chi connectivity index (χ0n) is 13.1. The van der Waals surface area contributed by atoms with Gasteiger partial charge in [0.15, 0.2) is 0 Å². The van der Waals surface area contributed by atoms with Crippen LogP contribution in [-0.4, -0.2) is 11.1 Å². The Morgan fingerprint density at radius 2 is 1.50 bits per heavy atom. The predicted molar refractivity (Wildman–Crippen MR) is 82.2 cm³/mol. The van der Waals surface area contributed by atoms with E-state index in [4.69, 9.17) is 4.42 Å². The lowest BCUT2D eigenvalue weighted by Crippen LogP contribution is -2.48. The molecule has 1 aromatic rings. The van der Waals surface area contributed by atoms with E-state index in [9.17, 15) is 9.90 Å². The summed E-state index contributed by atoms with van der Waals surface area (Å²) in [5, 5.41) is 9.54. The molecule has 4 bridgehead atoms. The van der Waals surface area contributed by atoms with E-state index in [1.54, 1.807) is 0 Å². The Hall–Kier alpha value is -1.25. The number of furan rings is 1. The fraction of sp³-hybridized carbons (Fsp3) is 0.737. The summed E-state index contributed by atoms with van der Waals surface area (Å²) in [6.07, 6.45) is 12.2. The van der Waals surface area contributed by atoms with Crippen molar-refractivity contribution in [3.8, 4) is 0 Å². The highest BCUT2D eigenvalue weighted by Crippen LogP contribution is 2.61. The Morgan fingerprint density at radius 3 is 2.05 bits per heavy atom. The van der Waals surface area contributed by atoms with Crippen molar-refractivity contribution in [3.05, 3.63) is 22.6 Å². The molecule has 0 amide bonds. The maximum Gasteiger partial charge on any atom is 0.372 e. The summed E-state index contributed by atoms with van der Waals surface area (Å²) in [6, 6.07) is 0. The van der Waals surface area contributed by atoms with E-state index in [0.717, 1.165) is 48.3 Å². The normalized spacial score (nSPS) is 39.0. The van der Waals surface area contributed by atoms with Crippen LogP contribution in [0.1, 0.15) is 78.8 Å². The molecule has 6 rings (SSSR count). The van der Waals surface area contributed by atoms with Crippen molar-refractivity contribution in [2.45, 2.75) is 69.6 Å². The van der Waals surface area contributed by atoms with Gasteiger partial charge >= 0.3 is 5.97 Å². The van der Waals surface area contributed by atoms with Gasteiger partial charge in [0.25, 0.3) is 0 Å². The van der Waals surface area contributed by atoms with Crippen molar-refractivity contribution >= 4 is 5.97 Å². The number of hydrogen-bond donors (Lipinski definition) is 1. The van der Waals surface area contributed by atoms with Gasteiger partial charge in [0.1, 0.15) is 5.76 Å². The molecule has 1 heterocycles. The highest BCUT2D eigenvalue weighted by molar-refractivity contribution is 5.87. The second-order valence-electron chi connectivity index (χ2n) is 8.43. The van der Waals surface area contributed by atoms with Crippen molar-refractivity contribution in [3.63, 3.8) is 0 Å². The lowest BCUT2D eigenvalue weighted by molar-refractivity contribution is -0.0162. The Labute approximate surface area is 131 Å². The molecule has 22 heavy (non-hydrogen) atoms. The number of carboxylic acids is 1. The van der Waals surface area contributed by atoms with Crippen LogP contribution in [0.5, 0.6) is 0 Å². The molecule has 1 aromatic heterocycles. The van der Waals surface area contributed by atoms with Gasteiger partial charge < -0.3 is 9.52 Å². The molecule has 118 valence electrons. The average Bonchev–Trinajstić information content (AvgIpc) is 2.86. The standard InChI is InChI=1S/C19H24O3/c20-18(21)16-14-3-1-2-4-15(14)17(22-16)19-8-11-5-12(9-19)7-13(6-11)10-19/h11-13H,1-10H2,(H,20,21). The van der Waals surface area contributed by atoms with Gasteiger partial charge in [-0.05, 0) is 87.5 Å². The third kappa shape index (κ3) is 1.71. The molecule has 1 N–H and O–H groups in total. The summed E-state index contributed by atoms with van der Waals surface area (Å²) in [5.41, 5.74) is 2.51. The first kappa shape index (κ1) is 13.2. The van der Waals surface area contributed by atoms with Crippen LogP contribution in [0.15, 0.2) is 4.42 Å². The molecule has 0 radical (unpaired) electrons. The van der Waals surface area contributed by atoms with Crippen molar-refractivity contribution in [2.75, 3.05) is 0 Å². The Kier molecular flexibility index (Phi) is 2.64. The monoisotopic (exact) mass is 300 g/mol. The van der Waals surface area contributed by atoms with Crippen molar-refractivity contribution in [1.29, 1.82) is 0 Å². The maximum atomic E-state index is 11.6. The van der Waals surface area contributed by atoms with Crippen LogP contribution in [0.25, 0.3) is 0 Å². The first-order chi connectivity index (χ1) is 10.6. The summed E-state index contributed by atoms with van der Waals surface area (Å²) < 4.78 is 6.11. The zero-order valence-corrected chi connectivity index (χ0v) is 13.1. The molecule has 0 aromatic carbocycles. The third-order valence-corrected chi connectivity index (χ3v) is 6.93. The second kappa shape index (κ2) is 4.39. The Bertz CT molecular complexity index is 604. The predicted octanol–water partition coefficient (Wildman–Crippen LogP) is 4.32. The third-order valence-electron chi connectivity index (χ3n) is 6.93. The Balaban J connectivity index is 1.65. The van der Waals surface area contributed by atoms with E-state index in [1.165, 1.54) is 50.5 Å². The molecule has 0 spiro atoms. The second-order valence-corrected chi connectivity index (χ2v) is 8.43. The van der Waals surface area contributed by atoms with E-state index in [2.05, 4.69) is 0 Å². The van der Waals surface area contributed by atoms with Gasteiger partial charge in [-0.25, -0.2) is 4.79 Å². The highest BCUT2D eigenvalue weighted by atomic mass is 16.4. The Morgan fingerprint density at radius 1 is 0.955 bits per heavy atom. The molecule has 0 saturated heterocycles. The minimum absolute atomic E-state index is 0.184. The van der Waals surface area contributed by atoms with Crippen LogP contribution in [0.3, 0.4) is 0 Å². The van der Waals surface area contributed by atoms with Crippen LogP contribution in [-0.2, 0) is 18.3 Å². The van der Waals surface area contributed by atoms with Crippen LogP contribution < -0.4 is 0 Å². The summed E-state index contributed by atoms with van der Waals surface area (Å²) in [4.78, 5) is 11.6. The molecule has 4 fully saturated rings. The number of hydrogen-bond acceptors (Lipinski definition) is 2. The van der Waals surface area contributed by atoms with Gasteiger partial charge in [-0.15, -0.1) is 0 Å². The molecular weight excluding hydrogens is 276 g/mol. The number of carbonyl (C=O) groups is 1. The number of rotatable bonds is 2. The largest absolute Gasteiger partial charge is 0.475 e. The molecule has 5 aliphatic carbocycles. The van der Waals surface area contributed by atoms with Gasteiger partial charge in [0.05, 0.1) is 0 Å². The molecule has 0 atom stereocenters. The summed E-state index contributed by atoms with van der Waals surface area (Å²) in [7, 11) is 0. The van der Waals surface area contributed by atoms with Crippen molar-refractivity contribution in [1.82, 2.24) is 0 Å². The maximum absolute atomic E-state index is 11.6. The molecule has 3 nitrogen and oxygen atoms in total. The van der Waals surface area contributed by atoms with E-state index < -0.39 is 5.97 Å². The van der Waals surface area contributed by atoms with Crippen LogP contribution in [0.2, 0.25) is 0 Å².